The van der Waals surface area contributed by atoms with E-state index < -0.39 is 0 Å². The predicted molar refractivity (Wildman–Crippen MR) is 313 cm³/mol. The molecule has 5 rings (SSSR count). The molecule has 3 aliphatic rings. The number of hydrogen-bond acceptors (Lipinski definition) is 12. The molecular weight excluding hydrogens is 968 g/mol. The van der Waals surface area contributed by atoms with Gasteiger partial charge in [0.25, 0.3) is 5.24 Å². The molecular formula is C58H105N4NaO6S3. The van der Waals surface area contributed by atoms with E-state index in [1.165, 1.54) is 24.6 Å². The number of amides is 1. The molecule has 0 spiro atoms. The van der Waals surface area contributed by atoms with Crippen molar-refractivity contribution >= 4 is 45.8 Å². The molecule has 3 saturated heterocycles. The number of thioether (sulfide) groups is 1. The average Bonchev–Trinajstić information content (AvgIpc) is 3.74. The summed E-state index contributed by atoms with van der Waals surface area (Å²) in [5.74, 6) is 1.43. The number of thiocarbonyl (C=S) groups is 2. The number of aliphatic hydroxyl groups is 1. The molecule has 0 aromatic heterocycles. The molecule has 14 heteroatoms. The molecule has 0 aliphatic carbocycles. The maximum atomic E-state index is 11.8. The van der Waals surface area contributed by atoms with E-state index in [0.29, 0.717) is 23.9 Å². The first-order chi connectivity index (χ1) is 32.0. The number of piperidine rings is 2. The zero-order valence-corrected chi connectivity index (χ0v) is 54.7. The van der Waals surface area contributed by atoms with Crippen LogP contribution in [0.15, 0.2) is 24.3 Å². The standard InChI is InChI=1S/C24H41NO2.C18H29NO2S.C9H19NO.C4H8O.C2H7N.CS2.Na.H/c1-21(2,3)18-11-16(12-19(20(18)26)22(4,5)6)15-27-17-13-23(7,8)25-24(9,10)14-17;1-17(2,3)13-9-12(11-22-16(21)19(7)8)10-14(15(13)20)18(4,5)6;1-8(2)5-7(11)6-9(3,4)10-8;1-2-4-5-3-1;1-3-2;2-1-3;;/h11-12,17,25-26H,13-15H2,1-10H3;9-10,20H,11H2,1-8H3;7,10-11H,5-6H2,1-4H3;1-4H2;3H,1-2H3;;;/q;;;;;;+1;-1. The number of ether oxygens (including phenoxy) is 2. The summed E-state index contributed by atoms with van der Waals surface area (Å²) in [7, 11) is 7.26. The van der Waals surface area contributed by atoms with Crippen molar-refractivity contribution in [2.75, 3.05) is 41.4 Å². The second-order valence-corrected chi connectivity index (χ2v) is 28.2. The predicted octanol–water partition coefficient (Wildman–Crippen LogP) is 10.8. The van der Waals surface area contributed by atoms with Crippen LogP contribution in [0.25, 0.3) is 0 Å². The molecule has 6 N–H and O–H groups in total. The number of phenols is 2. The largest absolute Gasteiger partial charge is 1.00 e. The molecule has 2 aromatic rings. The zero-order valence-electron chi connectivity index (χ0n) is 51.3. The summed E-state index contributed by atoms with van der Waals surface area (Å²) in [6.07, 6.45) is 6.38. The van der Waals surface area contributed by atoms with Gasteiger partial charge in [0, 0.05) is 59.5 Å². The molecule has 412 valence electrons. The Morgan fingerprint density at radius 2 is 0.986 bits per heavy atom. The summed E-state index contributed by atoms with van der Waals surface area (Å²) in [5, 5.41) is 41.1. The Morgan fingerprint density at radius 1 is 0.694 bits per heavy atom. The van der Waals surface area contributed by atoms with Gasteiger partial charge in [0.05, 0.1) is 18.8 Å². The Kier molecular flexibility index (Phi) is 31.1. The maximum absolute atomic E-state index is 11.8. The number of carbonyl (C=O) groups is 1. The van der Waals surface area contributed by atoms with Gasteiger partial charge < -0.3 is 47.1 Å². The van der Waals surface area contributed by atoms with Crippen LogP contribution >= 0.6 is 36.2 Å². The zero-order chi connectivity index (χ0) is 55.8. The van der Waals surface area contributed by atoms with Crippen LogP contribution in [0, 0.1) is 0 Å². The van der Waals surface area contributed by atoms with Gasteiger partial charge in [-0.1, -0.05) is 107 Å². The van der Waals surface area contributed by atoms with E-state index in [1.54, 1.807) is 19.0 Å². The normalized spacial score (nSPS) is 18.2. The summed E-state index contributed by atoms with van der Waals surface area (Å²) in [6, 6.07) is 8.31. The molecule has 0 radical (unpaired) electrons. The first kappa shape index (κ1) is 72.9. The Labute approximate surface area is 479 Å². The van der Waals surface area contributed by atoms with Gasteiger partial charge in [-0.25, -0.2) is 0 Å². The minimum absolute atomic E-state index is 0. The molecule has 10 nitrogen and oxygen atoms in total. The van der Waals surface area contributed by atoms with Crippen molar-refractivity contribution in [3.8, 4) is 11.5 Å². The van der Waals surface area contributed by atoms with Crippen LogP contribution in [-0.4, -0.2) is 106 Å². The summed E-state index contributed by atoms with van der Waals surface area (Å²) in [6.45, 7) is 45.6. The number of aromatic hydroxyl groups is 2. The fourth-order valence-electron chi connectivity index (χ4n) is 9.46. The third kappa shape index (κ3) is 28.3. The fourth-order valence-corrected chi connectivity index (χ4v) is 10.2. The molecule has 3 heterocycles. The van der Waals surface area contributed by atoms with Crippen molar-refractivity contribution in [2.45, 2.75) is 245 Å². The molecule has 0 saturated carbocycles. The van der Waals surface area contributed by atoms with E-state index in [2.05, 4.69) is 191 Å². The Balaban J connectivity index is -0.000000944. The van der Waals surface area contributed by atoms with Gasteiger partial charge in [-0.15, -0.1) is 0 Å². The molecule has 0 atom stereocenters. The minimum atomic E-state index is -0.143. The molecule has 0 bridgehead atoms. The van der Waals surface area contributed by atoms with E-state index in [1.807, 2.05) is 30.5 Å². The SMILES string of the molecule is C1CCOC1.CC1(C)CC(O)CC(C)(C)N1.CC1(C)CC(OCc2cc(C(C)(C)C)c(O)c(C(C)(C)C)c2)CC(C)(C)N1.CN(C)C(=O)SCc1cc(C(C)(C)C)c(O)c(C(C)(C)C)c1.CNC.S=C=S.[H-].[Na+]. The van der Waals surface area contributed by atoms with Gasteiger partial charge in [0.1, 0.15) is 11.5 Å². The van der Waals surface area contributed by atoms with Crippen molar-refractivity contribution in [1.29, 1.82) is 0 Å². The first-order valence-electron chi connectivity index (χ1n) is 25.6. The third-order valence-corrected chi connectivity index (χ3v) is 13.0. The molecule has 1 amide bonds. The van der Waals surface area contributed by atoms with Crippen molar-refractivity contribution in [3.63, 3.8) is 0 Å². The Morgan fingerprint density at radius 3 is 1.24 bits per heavy atom. The van der Waals surface area contributed by atoms with E-state index in [0.717, 1.165) is 72.3 Å². The topological polar surface area (TPSA) is 136 Å². The number of rotatable bonds is 5. The minimum Gasteiger partial charge on any atom is -1.00 e. The fraction of sp³-hybridized carbons (Fsp3) is 0.759. The molecule has 2 aromatic carbocycles. The van der Waals surface area contributed by atoms with Crippen LogP contribution < -0.4 is 45.5 Å². The van der Waals surface area contributed by atoms with Crippen molar-refractivity contribution in [2.24, 2.45) is 0 Å². The molecule has 72 heavy (non-hydrogen) atoms. The summed E-state index contributed by atoms with van der Waals surface area (Å²) >= 11 is 9.20. The smallest absolute Gasteiger partial charge is 1.00 e. The van der Waals surface area contributed by atoms with Crippen LogP contribution in [0.5, 0.6) is 11.5 Å². The number of nitrogens with zero attached hydrogens (tertiary/aromatic N) is 1. The van der Waals surface area contributed by atoms with Gasteiger partial charge in [-0.05, 0) is 200 Å². The van der Waals surface area contributed by atoms with Gasteiger partial charge in [0.2, 0.25) is 0 Å². The Bertz CT molecular complexity index is 1870. The summed E-state index contributed by atoms with van der Waals surface area (Å²) < 4.78 is 13.3. The van der Waals surface area contributed by atoms with E-state index in [9.17, 15) is 20.1 Å². The van der Waals surface area contributed by atoms with E-state index >= 15 is 0 Å². The molecule has 3 fully saturated rings. The summed E-state index contributed by atoms with van der Waals surface area (Å²) in [5.41, 5.74) is 5.92. The number of carbonyl (C=O) groups excluding carboxylic acids is 1. The van der Waals surface area contributed by atoms with E-state index in [-0.39, 0.29) is 92.2 Å². The average molecular weight is 1070 g/mol. The van der Waals surface area contributed by atoms with Gasteiger partial charge in [0.15, 0.2) is 0 Å². The number of benzene rings is 2. The summed E-state index contributed by atoms with van der Waals surface area (Å²) in [4.78, 5) is 13.4. The molecule has 0 unspecified atom stereocenters. The number of hydrogen-bond donors (Lipinski definition) is 6. The van der Waals surface area contributed by atoms with E-state index in [4.69, 9.17) is 9.47 Å². The van der Waals surface area contributed by atoms with Crippen LogP contribution in [0.2, 0.25) is 0 Å². The second-order valence-electron chi connectivity index (χ2n) is 26.6. The third-order valence-electron chi connectivity index (χ3n) is 11.9. The molecule has 3 aliphatic heterocycles. The van der Waals surface area contributed by atoms with Crippen LogP contribution in [-0.2, 0) is 43.5 Å². The monoisotopic (exact) mass is 1070 g/mol. The van der Waals surface area contributed by atoms with Crippen molar-refractivity contribution < 1.29 is 60.6 Å². The first-order valence-corrected chi connectivity index (χ1v) is 27.4. The quantitative estimate of drug-likeness (QED) is 0.126. The number of phenolic OH excluding ortho intramolecular Hbond substituents is 2. The number of aliphatic hydroxyl groups excluding tert-OH is 1. The van der Waals surface area contributed by atoms with Gasteiger partial charge >= 0.3 is 29.6 Å². The van der Waals surface area contributed by atoms with Gasteiger partial charge in [-0.3, -0.25) is 4.79 Å². The van der Waals surface area contributed by atoms with Crippen LogP contribution in [0.3, 0.4) is 0 Å². The Hall–Kier alpha value is -1.16. The van der Waals surface area contributed by atoms with Gasteiger partial charge in [-0.2, -0.15) is 0 Å². The second kappa shape index (κ2) is 30.7. The van der Waals surface area contributed by atoms with Crippen molar-refractivity contribution in [3.05, 3.63) is 57.6 Å². The van der Waals surface area contributed by atoms with Crippen molar-refractivity contribution in [1.82, 2.24) is 20.9 Å². The van der Waals surface area contributed by atoms with Crippen LogP contribution in [0.4, 0.5) is 4.79 Å². The van der Waals surface area contributed by atoms with Crippen LogP contribution in [0.1, 0.15) is 212 Å². The number of nitrogens with one attached hydrogen (secondary N) is 3. The maximum Gasteiger partial charge on any atom is 1.00 e.